The number of likely N-dealkylation sites (N-methyl/N-ethyl adjacent to an activating group) is 1. The first kappa shape index (κ1) is 27.3. The zero-order chi connectivity index (χ0) is 25.4. The van der Waals surface area contributed by atoms with Crippen LogP contribution in [-0.4, -0.2) is 80.8 Å². The third-order valence-electron chi connectivity index (χ3n) is 7.34. The Hall–Kier alpha value is -2.32. The Balaban J connectivity index is 1.86. The molecule has 0 saturated heterocycles. The van der Waals surface area contributed by atoms with E-state index >= 15 is 0 Å². The van der Waals surface area contributed by atoms with Gasteiger partial charge in [-0.2, -0.15) is 0 Å². The molecule has 1 heterocycles. The standard InChI is InChI=1S/C27H44N4O4/c1-6-13-28-27(33)29-22-11-12-23-24(14-22)35-18-20(3)31(16-21-9-7-8-10-21)15-19(2)25(34-5)17-30(4)26(23)32/h11-12,14,19-21,25H,6-10,13,15-18H2,1-5H3,(H2,28,29,33)/t19-,20-,25-/m1/s1. The first-order valence-electron chi connectivity index (χ1n) is 13.2. The molecule has 3 rings (SSSR count). The molecule has 3 amide bonds. The number of carbonyl (C=O) groups is 2. The molecule has 0 aromatic heterocycles. The number of ether oxygens (including phenoxy) is 2. The lowest BCUT2D eigenvalue weighted by atomic mass is 9.99. The summed E-state index contributed by atoms with van der Waals surface area (Å²) < 4.78 is 12.1. The van der Waals surface area contributed by atoms with Gasteiger partial charge in [-0.15, -0.1) is 0 Å². The van der Waals surface area contributed by atoms with Crippen molar-refractivity contribution in [2.45, 2.75) is 65.0 Å². The SMILES string of the molecule is CCCNC(=O)Nc1ccc2c(c1)OC[C@@H](C)N(CC1CCCC1)C[C@@H](C)[C@H](OC)CN(C)C2=O. The van der Waals surface area contributed by atoms with E-state index in [1.807, 2.05) is 6.92 Å². The molecule has 0 spiro atoms. The van der Waals surface area contributed by atoms with Gasteiger partial charge in [0.15, 0.2) is 0 Å². The van der Waals surface area contributed by atoms with Gasteiger partial charge in [-0.25, -0.2) is 4.79 Å². The fourth-order valence-electron chi connectivity index (χ4n) is 5.12. The molecule has 0 radical (unpaired) electrons. The molecule has 1 aromatic rings. The summed E-state index contributed by atoms with van der Waals surface area (Å²) in [4.78, 5) is 29.8. The zero-order valence-corrected chi connectivity index (χ0v) is 22.1. The number of nitrogens with zero attached hydrogens (tertiary/aromatic N) is 2. The van der Waals surface area contributed by atoms with E-state index in [1.165, 1.54) is 25.7 Å². The van der Waals surface area contributed by atoms with Crippen LogP contribution < -0.4 is 15.4 Å². The van der Waals surface area contributed by atoms with Crippen LogP contribution in [0.1, 0.15) is 63.2 Å². The number of methoxy groups -OCH3 is 1. The number of hydrogen-bond acceptors (Lipinski definition) is 5. The normalized spacial score (nSPS) is 24.8. The lowest BCUT2D eigenvalue weighted by Crippen LogP contribution is -2.47. The number of amides is 3. The fraction of sp³-hybridized carbons (Fsp3) is 0.704. The molecule has 2 N–H and O–H groups in total. The van der Waals surface area contributed by atoms with Crippen molar-refractivity contribution in [1.29, 1.82) is 0 Å². The average molecular weight is 489 g/mol. The third-order valence-corrected chi connectivity index (χ3v) is 7.34. The van der Waals surface area contributed by atoms with Crippen LogP contribution in [0.25, 0.3) is 0 Å². The summed E-state index contributed by atoms with van der Waals surface area (Å²) in [6, 6.07) is 5.15. The van der Waals surface area contributed by atoms with Gasteiger partial charge < -0.3 is 25.0 Å². The fourth-order valence-corrected chi connectivity index (χ4v) is 5.12. The lowest BCUT2D eigenvalue weighted by Gasteiger charge is -2.37. The van der Waals surface area contributed by atoms with Crippen LogP contribution in [0, 0.1) is 11.8 Å². The van der Waals surface area contributed by atoms with E-state index in [4.69, 9.17) is 9.47 Å². The lowest BCUT2D eigenvalue weighted by molar-refractivity contribution is 0.00814. The second kappa shape index (κ2) is 13.1. The molecule has 1 saturated carbocycles. The van der Waals surface area contributed by atoms with Crippen molar-refractivity contribution in [3.63, 3.8) is 0 Å². The molecule has 35 heavy (non-hydrogen) atoms. The maximum atomic E-state index is 13.4. The molecule has 0 bridgehead atoms. The second-order valence-electron chi connectivity index (χ2n) is 10.3. The molecule has 1 fully saturated rings. The molecule has 3 atom stereocenters. The number of anilines is 1. The Kier molecular flexibility index (Phi) is 10.2. The number of hydrogen-bond donors (Lipinski definition) is 2. The Morgan fingerprint density at radius 3 is 2.63 bits per heavy atom. The van der Waals surface area contributed by atoms with Crippen LogP contribution in [0.15, 0.2) is 18.2 Å². The number of benzene rings is 1. The van der Waals surface area contributed by atoms with Gasteiger partial charge in [0.25, 0.3) is 5.91 Å². The van der Waals surface area contributed by atoms with Crippen LogP contribution in [0.2, 0.25) is 0 Å². The predicted molar refractivity (Wildman–Crippen MR) is 139 cm³/mol. The van der Waals surface area contributed by atoms with E-state index in [0.29, 0.717) is 36.7 Å². The van der Waals surface area contributed by atoms with Gasteiger partial charge >= 0.3 is 6.03 Å². The highest BCUT2D eigenvalue weighted by Gasteiger charge is 2.30. The van der Waals surface area contributed by atoms with Gasteiger partial charge in [-0.1, -0.05) is 26.7 Å². The van der Waals surface area contributed by atoms with E-state index < -0.39 is 0 Å². The molecule has 8 heteroatoms. The van der Waals surface area contributed by atoms with Crippen molar-refractivity contribution < 1.29 is 19.1 Å². The van der Waals surface area contributed by atoms with E-state index in [0.717, 1.165) is 25.4 Å². The summed E-state index contributed by atoms with van der Waals surface area (Å²) in [6.45, 7) is 9.94. The minimum absolute atomic E-state index is 0.0609. The Bertz CT molecular complexity index is 842. The van der Waals surface area contributed by atoms with Gasteiger partial charge in [0.2, 0.25) is 0 Å². The Morgan fingerprint density at radius 1 is 1.20 bits per heavy atom. The zero-order valence-electron chi connectivity index (χ0n) is 22.1. The van der Waals surface area contributed by atoms with Crippen molar-refractivity contribution in [3.8, 4) is 5.75 Å². The minimum Gasteiger partial charge on any atom is -0.491 e. The molecule has 0 unspecified atom stereocenters. The number of urea groups is 1. The van der Waals surface area contributed by atoms with E-state index in [9.17, 15) is 9.59 Å². The molecular weight excluding hydrogens is 444 g/mol. The second-order valence-corrected chi connectivity index (χ2v) is 10.3. The van der Waals surface area contributed by atoms with E-state index in [2.05, 4.69) is 29.4 Å². The maximum Gasteiger partial charge on any atom is 0.319 e. The average Bonchev–Trinajstić information content (AvgIpc) is 3.36. The summed E-state index contributed by atoms with van der Waals surface area (Å²) in [7, 11) is 3.54. The molecule has 196 valence electrons. The highest BCUT2D eigenvalue weighted by molar-refractivity contribution is 5.98. The smallest absolute Gasteiger partial charge is 0.319 e. The maximum absolute atomic E-state index is 13.4. The molecule has 1 aliphatic heterocycles. The first-order chi connectivity index (χ1) is 16.8. The van der Waals surface area contributed by atoms with Crippen LogP contribution in [0.5, 0.6) is 5.75 Å². The number of nitrogens with one attached hydrogen (secondary N) is 2. The Labute approximate surface area is 210 Å². The summed E-state index contributed by atoms with van der Waals surface area (Å²) in [6.07, 6.45) is 6.03. The van der Waals surface area contributed by atoms with E-state index in [1.54, 1.807) is 37.3 Å². The topological polar surface area (TPSA) is 83.1 Å². The van der Waals surface area contributed by atoms with Crippen LogP contribution in [-0.2, 0) is 4.74 Å². The summed E-state index contributed by atoms with van der Waals surface area (Å²) in [5.41, 5.74) is 1.09. The van der Waals surface area contributed by atoms with Crippen LogP contribution >= 0.6 is 0 Å². The molecule has 8 nitrogen and oxygen atoms in total. The number of carbonyl (C=O) groups excluding carboxylic acids is 2. The minimum atomic E-state index is -0.267. The Morgan fingerprint density at radius 2 is 1.94 bits per heavy atom. The number of rotatable bonds is 6. The van der Waals surface area contributed by atoms with Gasteiger partial charge in [0.1, 0.15) is 12.4 Å². The quantitative estimate of drug-likeness (QED) is 0.627. The van der Waals surface area contributed by atoms with Gasteiger partial charge in [0.05, 0.1) is 11.7 Å². The highest BCUT2D eigenvalue weighted by atomic mass is 16.5. The van der Waals surface area contributed by atoms with Crippen LogP contribution in [0.3, 0.4) is 0 Å². The van der Waals surface area contributed by atoms with Gasteiger partial charge in [-0.05, 0) is 50.2 Å². The van der Waals surface area contributed by atoms with Gasteiger partial charge in [-0.3, -0.25) is 9.69 Å². The van der Waals surface area contributed by atoms with E-state index in [-0.39, 0.29) is 30.0 Å². The summed E-state index contributed by atoms with van der Waals surface area (Å²) in [5, 5.41) is 5.65. The van der Waals surface area contributed by atoms with Crippen molar-refractivity contribution in [3.05, 3.63) is 23.8 Å². The highest BCUT2D eigenvalue weighted by Crippen LogP contribution is 2.29. The third kappa shape index (κ3) is 7.58. The molecule has 1 aromatic carbocycles. The monoisotopic (exact) mass is 488 g/mol. The van der Waals surface area contributed by atoms with Crippen molar-refractivity contribution in [2.24, 2.45) is 11.8 Å². The summed E-state index contributed by atoms with van der Waals surface area (Å²) >= 11 is 0. The molecular formula is C27H44N4O4. The summed E-state index contributed by atoms with van der Waals surface area (Å²) in [5.74, 6) is 1.37. The first-order valence-corrected chi connectivity index (χ1v) is 13.2. The number of fused-ring (bicyclic) bond motifs is 1. The predicted octanol–water partition coefficient (Wildman–Crippen LogP) is 4.21. The van der Waals surface area contributed by atoms with Crippen LogP contribution in [0.4, 0.5) is 10.5 Å². The van der Waals surface area contributed by atoms with Gasteiger partial charge in [0, 0.05) is 58.1 Å². The largest absolute Gasteiger partial charge is 0.491 e. The molecule has 1 aliphatic carbocycles. The van der Waals surface area contributed by atoms with Crippen molar-refractivity contribution in [1.82, 2.24) is 15.1 Å². The van der Waals surface area contributed by atoms with Crippen molar-refractivity contribution in [2.75, 3.05) is 52.3 Å². The van der Waals surface area contributed by atoms with Crippen molar-refractivity contribution >= 4 is 17.6 Å². The molecule has 2 aliphatic rings.